The molecule has 0 saturated heterocycles. The predicted octanol–water partition coefficient (Wildman–Crippen LogP) is 4.14. The van der Waals surface area contributed by atoms with Gasteiger partial charge >= 0.3 is 0 Å². The lowest BCUT2D eigenvalue weighted by Gasteiger charge is -2.25. The molecule has 19 heavy (non-hydrogen) atoms. The summed E-state index contributed by atoms with van der Waals surface area (Å²) in [4.78, 5) is 0. The molecule has 0 bridgehead atoms. The number of halogens is 3. The van der Waals surface area contributed by atoms with Crippen molar-refractivity contribution in [1.82, 2.24) is 0 Å². The van der Waals surface area contributed by atoms with Crippen LogP contribution in [0.15, 0.2) is 46.9 Å². The minimum absolute atomic E-state index is 0.298. The van der Waals surface area contributed by atoms with Crippen LogP contribution in [0.5, 0.6) is 0 Å². The van der Waals surface area contributed by atoms with Gasteiger partial charge in [0.05, 0.1) is 0 Å². The van der Waals surface area contributed by atoms with E-state index >= 15 is 0 Å². The molecule has 1 atom stereocenters. The van der Waals surface area contributed by atoms with Gasteiger partial charge in [0.1, 0.15) is 11.6 Å². The summed E-state index contributed by atoms with van der Waals surface area (Å²) in [7, 11) is 0. The molecule has 2 aromatic rings. The molecule has 2 aromatic carbocycles. The van der Waals surface area contributed by atoms with E-state index in [2.05, 4.69) is 15.9 Å². The van der Waals surface area contributed by atoms with Gasteiger partial charge in [0.2, 0.25) is 0 Å². The van der Waals surface area contributed by atoms with E-state index in [4.69, 9.17) is 5.73 Å². The van der Waals surface area contributed by atoms with Crippen LogP contribution in [-0.4, -0.2) is 0 Å². The zero-order valence-corrected chi connectivity index (χ0v) is 12.0. The van der Waals surface area contributed by atoms with E-state index in [0.29, 0.717) is 10.9 Å². The van der Waals surface area contributed by atoms with Gasteiger partial charge in [-0.05, 0) is 54.8 Å². The number of benzene rings is 2. The second kappa shape index (κ2) is 5.39. The quantitative estimate of drug-likeness (QED) is 0.901. The van der Waals surface area contributed by atoms with Crippen LogP contribution in [-0.2, 0) is 12.0 Å². The highest BCUT2D eigenvalue weighted by Gasteiger charge is 2.22. The first-order chi connectivity index (χ1) is 8.87. The Balaban J connectivity index is 2.27. The van der Waals surface area contributed by atoms with E-state index in [0.717, 1.165) is 11.1 Å². The van der Waals surface area contributed by atoms with Crippen molar-refractivity contribution in [3.8, 4) is 0 Å². The van der Waals surface area contributed by atoms with Crippen LogP contribution in [0.2, 0.25) is 0 Å². The maximum atomic E-state index is 13.3. The average Bonchev–Trinajstić information content (AvgIpc) is 2.27. The van der Waals surface area contributed by atoms with E-state index in [9.17, 15) is 8.78 Å². The number of hydrogen-bond acceptors (Lipinski definition) is 1. The zero-order chi connectivity index (χ0) is 14.0. The van der Waals surface area contributed by atoms with E-state index in [-0.39, 0.29) is 11.6 Å². The number of hydrogen-bond donors (Lipinski definition) is 1. The summed E-state index contributed by atoms with van der Waals surface area (Å²) >= 11 is 3.26. The molecule has 2 rings (SSSR count). The first-order valence-corrected chi connectivity index (χ1v) is 6.66. The molecular formula is C15H14BrF2N. The highest BCUT2D eigenvalue weighted by Crippen LogP contribution is 2.25. The van der Waals surface area contributed by atoms with Crippen molar-refractivity contribution in [2.75, 3.05) is 0 Å². The fourth-order valence-corrected chi connectivity index (χ4v) is 2.58. The molecule has 0 radical (unpaired) electrons. The van der Waals surface area contributed by atoms with E-state index in [1.807, 2.05) is 13.0 Å². The molecule has 1 unspecified atom stereocenters. The fourth-order valence-electron chi connectivity index (χ4n) is 2.07. The highest BCUT2D eigenvalue weighted by atomic mass is 79.9. The molecular weight excluding hydrogens is 312 g/mol. The number of nitrogens with two attached hydrogens (primary N) is 1. The predicted molar refractivity (Wildman–Crippen MR) is 75.7 cm³/mol. The van der Waals surface area contributed by atoms with Crippen molar-refractivity contribution < 1.29 is 8.78 Å². The summed E-state index contributed by atoms with van der Waals surface area (Å²) in [5, 5.41) is 0. The Bertz CT molecular complexity index is 559. The van der Waals surface area contributed by atoms with Gasteiger partial charge in [0.25, 0.3) is 0 Å². The van der Waals surface area contributed by atoms with Crippen LogP contribution >= 0.6 is 15.9 Å². The monoisotopic (exact) mass is 325 g/mol. The summed E-state index contributed by atoms with van der Waals surface area (Å²) < 4.78 is 26.9. The van der Waals surface area contributed by atoms with Crippen molar-refractivity contribution >= 4 is 15.9 Å². The van der Waals surface area contributed by atoms with Gasteiger partial charge in [-0.25, -0.2) is 8.78 Å². The van der Waals surface area contributed by atoms with Gasteiger partial charge in [-0.3, -0.25) is 0 Å². The standard InChI is InChI=1S/C15H14BrF2N/c1-15(19,11-2-4-13(17)5-3-11)9-10-6-12(16)8-14(18)7-10/h2-8H,9,19H2,1H3. The molecule has 0 amide bonds. The molecule has 0 heterocycles. The molecule has 0 aromatic heterocycles. The molecule has 0 saturated carbocycles. The Morgan fingerprint density at radius 3 is 2.26 bits per heavy atom. The van der Waals surface area contributed by atoms with Gasteiger partial charge in [-0.1, -0.05) is 28.1 Å². The van der Waals surface area contributed by atoms with E-state index in [1.54, 1.807) is 12.1 Å². The Labute approximate surface area is 119 Å². The van der Waals surface area contributed by atoms with Crippen molar-refractivity contribution in [2.45, 2.75) is 18.9 Å². The summed E-state index contributed by atoms with van der Waals surface area (Å²) in [5.74, 6) is -0.604. The third-order valence-corrected chi connectivity index (χ3v) is 3.46. The topological polar surface area (TPSA) is 26.0 Å². The lowest BCUT2D eigenvalue weighted by molar-refractivity contribution is 0.488. The zero-order valence-electron chi connectivity index (χ0n) is 10.5. The van der Waals surface area contributed by atoms with Crippen LogP contribution in [0.3, 0.4) is 0 Å². The van der Waals surface area contributed by atoms with Gasteiger partial charge < -0.3 is 5.73 Å². The third-order valence-electron chi connectivity index (χ3n) is 3.00. The molecule has 100 valence electrons. The first kappa shape index (κ1) is 14.2. The molecule has 1 nitrogen and oxygen atoms in total. The normalized spacial score (nSPS) is 14.2. The van der Waals surface area contributed by atoms with Gasteiger partial charge in [0.15, 0.2) is 0 Å². The Kier molecular flexibility index (Phi) is 4.02. The van der Waals surface area contributed by atoms with Crippen LogP contribution < -0.4 is 5.73 Å². The Morgan fingerprint density at radius 1 is 1.05 bits per heavy atom. The Hall–Kier alpha value is -1.26. The SMILES string of the molecule is CC(N)(Cc1cc(F)cc(Br)c1)c1ccc(F)cc1. The molecule has 2 N–H and O–H groups in total. The van der Waals surface area contributed by atoms with E-state index in [1.165, 1.54) is 24.3 Å². The van der Waals surface area contributed by atoms with E-state index < -0.39 is 5.54 Å². The second-order valence-corrected chi connectivity index (χ2v) is 5.79. The lowest BCUT2D eigenvalue weighted by atomic mass is 9.86. The van der Waals surface area contributed by atoms with Gasteiger partial charge in [-0.15, -0.1) is 0 Å². The molecule has 0 aliphatic rings. The smallest absolute Gasteiger partial charge is 0.124 e. The molecule has 0 aliphatic heterocycles. The summed E-state index contributed by atoms with van der Waals surface area (Å²) in [6.45, 7) is 1.85. The molecule has 0 aliphatic carbocycles. The number of rotatable bonds is 3. The van der Waals surface area contributed by atoms with Crippen molar-refractivity contribution in [1.29, 1.82) is 0 Å². The van der Waals surface area contributed by atoms with Crippen molar-refractivity contribution in [3.05, 3.63) is 69.7 Å². The van der Waals surface area contributed by atoms with Crippen molar-refractivity contribution in [2.24, 2.45) is 5.73 Å². The van der Waals surface area contributed by atoms with Crippen molar-refractivity contribution in [3.63, 3.8) is 0 Å². The summed E-state index contributed by atoms with van der Waals surface area (Å²) in [5.41, 5.74) is 7.19. The van der Waals surface area contributed by atoms with Crippen LogP contribution in [0.4, 0.5) is 8.78 Å². The average molecular weight is 326 g/mol. The highest BCUT2D eigenvalue weighted by molar-refractivity contribution is 9.10. The van der Waals surface area contributed by atoms with Crippen LogP contribution in [0, 0.1) is 11.6 Å². The van der Waals surface area contributed by atoms with Gasteiger partial charge in [0, 0.05) is 10.0 Å². The van der Waals surface area contributed by atoms with Crippen LogP contribution in [0.1, 0.15) is 18.1 Å². The minimum atomic E-state index is -0.680. The third kappa shape index (κ3) is 3.61. The lowest BCUT2D eigenvalue weighted by Crippen LogP contribution is -2.35. The first-order valence-electron chi connectivity index (χ1n) is 5.87. The largest absolute Gasteiger partial charge is 0.321 e. The molecule has 4 heteroatoms. The summed E-state index contributed by atoms with van der Waals surface area (Å²) in [6.07, 6.45) is 0.467. The Morgan fingerprint density at radius 2 is 1.68 bits per heavy atom. The summed E-state index contributed by atoms with van der Waals surface area (Å²) in [6, 6.07) is 10.8. The van der Waals surface area contributed by atoms with Gasteiger partial charge in [-0.2, -0.15) is 0 Å². The minimum Gasteiger partial charge on any atom is -0.321 e. The maximum Gasteiger partial charge on any atom is 0.124 e. The second-order valence-electron chi connectivity index (χ2n) is 4.88. The molecule has 0 fully saturated rings. The fraction of sp³-hybridized carbons (Fsp3) is 0.200. The molecule has 0 spiro atoms. The maximum absolute atomic E-state index is 13.3. The van der Waals surface area contributed by atoms with Crippen LogP contribution in [0.25, 0.3) is 0 Å².